The quantitative estimate of drug-likeness (QED) is 0.637. The lowest BCUT2D eigenvalue weighted by Crippen LogP contribution is -2.48. The highest BCUT2D eigenvalue weighted by molar-refractivity contribution is 6.31. The van der Waals surface area contributed by atoms with Crippen molar-refractivity contribution in [2.75, 3.05) is 0 Å². The molecule has 1 aromatic carbocycles. The molecule has 0 heterocycles. The second-order valence-electron chi connectivity index (χ2n) is 5.56. The minimum absolute atomic E-state index is 0.152. The third-order valence-electron chi connectivity index (χ3n) is 4.70. The summed E-state index contributed by atoms with van der Waals surface area (Å²) in [5.74, 6) is 5.41. The summed E-state index contributed by atoms with van der Waals surface area (Å²) in [7, 11) is 0. The Morgan fingerprint density at radius 1 is 1.42 bits per heavy atom. The standard InChI is InChI=1S/C15H22ClFN2/c1-2-15(8-3-4-9-15)13(19-18)10-11-6-5-7-12(17)14(11)16/h5-7,13,19H,2-4,8-10,18H2,1H3. The third-order valence-corrected chi connectivity index (χ3v) is 5.12. The number of hydrogen-bond donors (Lipinski definition) is 2. The second-order valence-corrected chi connectivity index (χ2v) is 5.94. The summed E-state index contributed by atoms with van der Waals surface area (Å²) in [5.41, 5.74) is 4.01. The lowest BCUT2D eigenvalue weighted by molar-refractivity contribution is 0.185. The zero-order valence-corrected chi connectivity index (χ0v) is 12.1. The fraction of sp³-hybridized carbons (Fsp3) is 0.600. The van der Waals surface area contributed by atoms with Crippen LogP contribution in [0.3, 0.4) is 0 Å². The fourth-order valence-corrected chi connectivity index (χ4v) is 3.61. The zero-order chi connectivity index (χ0) is 13.9. The van der Waals surface area contributed by atoms with Crippen molar-refractivity contribution in [3.63, 3.8) is 0 Å². The first kappa shape index (κ1) is 14.8. The maximum Gasteiger partial charge on any atom is 0.142 e. The summed E-state index contributed by atoms with van der Waals surface area (Å²) in [6, 6.07) is 5.13. The molecule has 1 aromatic rings. The maximum atomic E-state index is 13.5. The molecule has 1 aliphatic carbocycles. The van der Waals surface area contributed by atoms with Gasteiger partial charge in [-0.05, 0) is 42.7 Å². The van der Waals surface area contributed by atoms with Crippen LogP contribution >= 0.6 is 11.6 Å². The Kier molecular flexibility index (Phi) is 4.82. The van der Waals surface area contributed by atoms with Gasteiger partial charge in [0.15, 0.2) is 0 Å². The Bertz CT molecular complexity index is 430. The molecule has 0 amide bonds. The topological polar surface area (TPSA) is 38.0 Å². The fourth-order valence-electron chi connectivity index (χ4n) is 3.41. The van der Waals surface area contributed by atoms with Crippen LogP contribution in [-0.4, -0.2) is 6.04 Å². The van der Waals surface area contributed by atoms with Crippen molar-refractivity contribution in [3.05, 3.63) is 34.6 Å². The van der Waals surface area contributed by atoms with Crippen LogP contribution in [0.2, 0.25) is 5.02 Å². The molecule has 0 radical (unpaired) electrons. The Labute approximate surface area is 119 Å². The summed E-state index contributed by atoms with van der Waals surface area (Å²) in [6.07, 6.45) is 6.65. The largest absolute Gasteiger partial charge is 0.271 e. The Balaban J connectivity index is 2.21. The lowest BCUT2D eigenvalue weighted by atomic mass is 9.74. The van der Waals surface area contributed by atoms with Gasteiger partial charge in [-0.2, -0.15) is 0 Å². The molecule has 0 bridgehead atoms. The molecule has 19 heavy (non-hydrogen) atoms. The maximum absolute atomic E-state index is 13.5. The SMILES string of the molecule is CCC1(C(Cc2cccc(F)c2Cl)NN)CCCC1. The van der Waals surface area contributed by atoms with Crippen LogP contribution < -0.4 is 11.3 Å². The van der Waals surface area contributed by atoms with Crippen LogP contribution in [-0.2, 0) is 6.42 Å². The monoisotopic (exact) mass is 284 g/mol. The predicted molar refractivity (Wildman–Crippen MR) is 77.4 cm³/mol. The van der Waals surface area contributed by atoms with Crippen LogP contribution in [0.25, 0.3) is 0 Å². The van der Waals surface area contributed by atoms with E-state index in [1.54, 1.807) is 6.07 Å². The van der Waals surface area contributed by atoms with Gasteiger partial charge < -0.3 is 0 Å². The van der Waals surface area contributed by atoms with E-state index in [9.17, 15) is 4.39 Å². The highest BCUT2D eigenvalue weighted by atomic mass is 35.5. The van der Waals surface area contributed by atoms with Crippen molar-refractivity contribution in [1.82, 2.24) is 5.43 Å². The van der Waals surface area contributed by atoms with Gasteiger partial charge in [0.1, 0.15) is 5.82 Å². The van der Waals surface area contributed by atoms with Crippen LogP contribution in [0.5, 0.6) is 0 Å². The molecule has 1 fully saturated rings. The summed E-state index contributed by atoms with van der Waals surface area (Å²) >= 11 is 6.05. The number of hydrazine groups is 1. The van der Waals surface area contributed by atoms with Crippen molar-refractivity contribution in [2.45, 2.75) is 51.5 Å². The first-order valence-corrected chi connectivity index (χ1v) is 7.40. The summed E-state index contributed by atoms with van der Waals surface area (Å²) in [6.45, 7) is 2.21. The molecule has 2 rings (SSSR count). The Morgan fingerprint density at radius 3 is 2.68 bits per heavy atom. The molecule has 1 saturated carbocycles. The smallest absolute Gasteiger partial charge is 0.142 e. The highest BCUT2D eigenvalue weighted by Gasteiger charge is 2.39. The molecular weight excluding hydrogens is 263 g/mol. The van der Waals surface area contributed by atoms with Crippen molar-refractivity contribution in [1.29, 1.82) is 0 Å². The lowest BCUT2D eigenvalue weighted by Gasteiger charge is -2.36. The minimum atomic E-state index is -0.355. The molecule has 1 unspecified atom stereocenters. The molecule has 106 valence electrons. The highest BCUT2D eigenvalue weighted by Crippen LogP contribution is 2.44. The van der Waals surface area contributed by atoms with Crippen LogP contribution in [0.4, 0.5) is 4.39 Å². The molecule has 2 nitrogen and oxygen atoms in total. The molecule has 0 aliphatic heterocycles. The van der Waals surface area contributed by atoms with Crippen molar-refractivity contribution in [2.24, 2.45) is 11.3 Å². The molecule has 1 atom stereocenters. The van der Waals surface area contributed by atoms with Crippen molar-refractivity contribution < 1.29 is 4.39 Å². The number of benzene rings is 1. The second kappa shape index (κ2) is 6.21. The van der Waals surface area contributed by atoms with Gasteiger partial charge in [-0.25, -0.2) is 4.39 Å². The van der Waals surface area contributed by atoms with Crippen LogP contribution in [0, 0.1) is 11.2 Å². The average Bonchev–Trinajstić information content (AvgIpc) is 2.90. The Hall–Kier alpha value is -0.640. The van der Waals surface area contributed by atoms with E-state index in [1.165, 1.54) is 31.7 Å². The molecular formula is C15H22ClFN2. The van der Waals surface area contributed by atoms with E-state index in [2.05, 4.69) is 12.3 Å². The zero-order valence-electron chi connectivity index (χ0n) is 11.4. The Morgan fingerprint density at radius 2 is 2.11 bits per heavy atom. The summed E-state index contributed by atoms with van der Waals surface area (Å²) in [5, 5.41) is 0.229. The normalized spacial score (nSPS) is 19.6. The van der Waals surface area contributed by atoms with Gasteiger partial charge in [0, 0.05) is 6.04 Å². The van der Waals surface area contributed by atoms with E-state index in [1.807, 2.05) is 6.07 Å². The molecule has 0 saturated heterocycles. The van der Waals surface area contributed by atoms with Crippen molar-refractivity contribution in [3.8, 4) is 0 Å². The third kappa shape index (κ3) is 2.93. The molecule has 0 spiro atoms. The van der Waals surface area contributed by atoms with Gasteiger partial charge in [-0.15, -0.1) is 0 Å². The van der Waals surface area contributed by atoms with E-state index in [-0.39, 0.29) is 22.3 Å². The predicted octanol–water partition coefficient (Wildman–Crippen LogP) is 3.82. The van der Waals surface area contributed by atoms with E-state index < -0.39 is 0 Å². The van der Waals surface area contributed by atoms with Gasteiger partial charge >= 0.3 is 0 Å². The number of nitrogens with one attached hydrogen (secondary N) is 1. The first-order chi connectivity index (χ1) is 9.13. The number of hydrogen-bond acceptors (Lipinski definition) is 2. The number of halogens is 2. The minimum Gasteiger partial charge on any atom is -0.271 e. The summed E-state index contributed by atoms with van der Waals surface area (Å²) in [4.78, 5) is 0. The average molecular weight is 285 g/mol. The van der Waals surface area contributed by atoms with Gasteiger partial charge in [0.05, 0.1) is 5.02 Å². The molecule has 3 N–H and O–H groups in total. The van der Waals surface area contributed by atoms with Crippen LogP contribution in [0.15, 0.2) is 18.2 Å². The van der Waals surface area contributed by atoms with E-state index in [4.69, 9.17) is 17.4 Å². The molecule has 4 heteroatoms. The van der Waals surface area contributed by atoms with E-state index in [0.29, 0.717) is 6.42 Å². The van der Waals surface area contributed by atoms with E-state index in [0.717, 1.165) is 12.0 Å². The van der Waals surface area contributed by atoms with Gasteiger partial charge in [-0.1, -0.05) is 43.5 Å². The molecule has 0 aromatic heterocycles. The molecule has 1 aliphatic rings. The number of nitrogens with two attached hydrogens (primary N) is 1. The van der Waals surface area contributed by atoms with Crippen molar-refractivity contribution >= 4 is 11.6 Å². The summed E-state index contributed by atoms with van der Waals surface area (Å²) < 4.78 is 13.5. The number of rotatable bonds is 5. The van der Waals surface area contributed by atoms with Crippen LogP contribution in [0.1, 0.15) is 44.6 Å². The van der Waals surface area contributed by atoms with Gasteiger partial charge in [0.25, 0.3) is 0 Å². The van der Waals surface area contributed by atoms with E-state index >= 15 is 0 Å². The van der Waals surface area contributed by atoms with Gasteiger partial charge in [-0.3, -0.25) is 11.3 Å². The van der Waals surface area contributed by atoms with Gasteiger partial charge in [0.2, 0.25) is 0 Å². The first-order valence-electron chi connectivity index (χ1n) is 7.02.